The number of aryl methyl sites for hydroxylation is 1. The molecule has 0 aliphatic rings. The largest absolute Gasteiger partial charge is 0.337 e. The summed E-state index contributed by atoms with van der Waals surface area (Å²) in [5.74, 6) is 1.06. The number of hydrogen-bond acceptors (Lipinski definition) is 4. The first kappa shape index (κ1) is 14.2. The van der Waals surface area contributed by atoms with Crippen molar-refractivity contribution in [2.75, 3.05) is 7.05 Å². The summed E-state index contributed by atoms with van der Waals surface area (Å²) in [4.78, 5) is 8.01. The lowest BCUT2D eigenvalue weighted by Gasteiger charge is -2.31. The average molecular weight is 278 g/mol. The molecule has 0 saturated carbocycles. The summed E-state index contributed by atoms with van der Waals surface area (Å²) in [5.41, 5.74) is 6.31. The predicted octanol–water partition coefficient (Wildman–Crippen LogP) is 2.39. The van der Waals surface area contributed by atoms with E-state index in [1.807, 2.05) is 19.4 Å². The summed E-state index contributed by atoms with van der Waals surface area (Å²) in [6.45, 7) is 2.94. The van der Waals surface area contributed by atoms with Crippen LogP contribution in [-0.2, 0) is 13.6 Å². The number of nitrogens with two attached hydrogens (primary N) is 1. The van der Waals surface area contributed by atoms with Crippen molar-refractivity contribution < 1.29 is 0 Å². The Hall–Kier alpha value is -1.17. The normalized spacial score (nSPS) is 14.8. The van der Waals surface area contributed by atoms with Crippen molar-refractivity contribution in [3.05, 3.63) is 40.6 Å². The maximum Gasteiger partial charge on any atom is 0.122 e. The van der Waals surface area contributed by atoms with Gasteiger partial charge in [0.15, 0.2) is 0 Å². The molecule has 0 spiro atoms. The van der Waals surface area contributed by atoms with Gasteiger partial charge in [0.25, 0.3) is 0 Å². The molecular weight excluding hydrogens is 256 g/mol. The van der Waals surface area contributed by atoms with Crippen LogP contribution in [0.5, 0.6) is 0 Å². The van der Waals surface area contributed by atoms with Crippen molar-refractivity contribution in [2.24, 2.45) is 12.8 Å². The molecule has 0 bridgehead atoms. The van der Waals surface area contributed by atoms with Crippen molar-refractivity contribution in [1.82, 2.24) is 14.5 Å². The molecule has 0 saturated heterocycles. The Morgan fingerprint density at radius 3 is 2.84 bits per heavy atom. The van der Waals surface area contributed by atoms with E-state index >= 15 is 0 Å². The van der Waals surface area contributed by atoms with Gasteiger partial charge in [0.1, 0.15) is 5.82 Å². The summed E-state index contributed by atoms with van der Waals surface area (Å²) >= 11 is 1.77. The Morgan fingerprint density at radius 2 is 2.32 bits per heavy atom. The number of thiophene rings is 1. The van der Waals surface area contributed by atoms with Gasteiger partial charge in [0, 0.05) is 30.4 Å². The summed E-state index contributed by atoms with van der Waals surface area (Å²) in [6, 6.07) is 4.65. The fraction of sp³-hybridized carbons (Fsp3) is 0.500. The Morgan fingerprint density at radius 1 is 1.53 bits per heavy atom. The number of likely N-dealkylation sites (N-methyl/N-ethyl adjacent to an activating group) is 1. The lowest BCUT2D eigenvalue weighted by Crippen LogP contribution is -2.38. The molecule has 2 aromatic heterocycles. The van der Waals surface area contributed by atoms with Gasteiger partial charge < -0.3 is 10.3 Å². The molecule has 104 valence electrons. The van der Waals surface area contributed by atoms with Crippen LogP contribution in [0.15, 0.2) is 29.9 Å². The zero-order chi connectivity index (χ0) is 13.8. The third-order valence-electron chi connectivity index (χ3n) is 3.50. The van der Waals surface area contributed by atoms with Crippen LogP contribution in [0, 0.1) is 0 Å². The maximum atomic E-state index is 6.31. The first-order valence-corrected chi connectivity index (χ1v) is 7.46. The van der Waals surface area contributed by atoms with E-state index in [1.165, 1.54) is 4.88 Å². The molecule has 0 amide bonds. The minimum Gasteiger partial charge on any atom is -0.337 e. The van der Waals surface area contributed by atoms with Gasteiger partial charge in [-0.2, -0.15) is 0 Å². The molecule has 0 aliphatic heterocycles. The van der Waals surface area contributed by atoms with Crippen LogP contribution < -0.4 is 5.73 Å². The van der Waals surface area contributed by atoms with E-state index in [0.29, 0.717) is 0 Å². The second kappa shape index (κ2) is 6.32. The highest BCUT2D eigenvalue weighted by molar-refractivity contribution is 7.10. The third kappa shape index (κ3) is 3.23. The van der Waals surface area contributed by atoms with E-state index in [4.69, 9.17) is 5.73 Å². The van der Waals surface area contributed by atoms with E-state index in [1.54, 1.807) is 11.3 Å². The van der Waals surface area contributed by atoms with Crippen LogP contribution >= 0.6 is 11.3 Å². The highest BCUT2D eigenvalue weighted by atomic mass is 32.1. The molecule has 0 radical (unpaired) electrons. The molecule has 2 aromatic rings. The Bertz CT molecular complexity index is 491. The predicted molar refractivity (Wildman–Crippen MR) is 80.0 cm³/mol. The maximum absolute atomic E-state index is 6.31. The quantitative estimate of drug-likeness (QED) is 0.882. The topological polar surface area (TPSA) is 47.1 Å². The molecule has 2 heterocycles. The molecule has 5 heteroatoms. The smallest absolute Gasteiger partial charge is 0.122 e. The number of hydrogen-bond donors (Lipinski definition) is 1. The van der Waals surface area contributed by atoms with E-state index in [9.17, 15) is 0 Å². The second-order valence-electron chi connectivity index (χ2n) is 4.90. The molecule has 0 fully saturated rings. The molecule has 2 N–H and O–H groups in total. The number of imidazole rings is 1. The standard InChI is InChI=1S/C14H22N4S/c1-4-11(15)14(12-6-5-9-19-12)18(3)10-13-16-7-8-17(13)2/h5-9,11,14H,4,10,15H2,1-3H3. The zero-order valence-corrected chi connectivity index (χ0v) is 12.6. The Labute approximate surface area is 118 Å². The summed E-state index contributed by atoms with van der Waals surface area (Å²) in [7, 11) is 4.14. The van der Waals surface area contributed by atoms with Crippen LogP contribution in [0.3, 0.4) is 0 Å². The van der Waals surface area contributed by atoms with Crippen LogP contribution in [0.2, 0.25) is 0 Å². The summed E-state index contributed by atoms with van der Waals surface area (Å²) in [6.07, 6.45) is 4.78. The van der Waals surface area contributed by atoms with Crippen LogP contribution in [0.4, 0.5) is 0 Å². The molecule has 4 nitrogen and oxygen atoms in total. The molecule has 2 unspecified atom stereocenters. The van der Waals surface area contributed by atoms with E-state index in [-0.39, 0.29) is 12.1 Å². The van der Waals surface area contributed by atoms with Gasteiger partial charge in [-0.15, -0.1) is 11.3 Å². The van der Waals surface area contributed by atoms with Crippen molar-refractivity contribution in [3.63, 3.8) is 0 Å². The van der Waals surface area contributed by atoms with E-state index in [2.05, 4.69) is 45.9 Å². The molecule has 19 heavy (non-hydrogen) atoms. The van der Waals surface area contributed by atoms with Crippen molar-refractivity contribution in [1.29, 1.82) is 0 Å². The highest BCUT2D eigenvalue weighted by Crippen LogP contribution is 2.28. The fourth-order valence-electron chi connectivity index (χ4n) is 2.31. The lowest BCUT2D eigenvalue weighted by atomic mass is 10.0. The van der Waals surface area contributed by atoms with Crippen molar-refractivity contribution in [2.45, 2.75) is 32.0 Å². The lowest BCUT2D eigenvalue weighted by molar-refractivity contribution is 0.199. The second-order valence-corrected chi connectivity index (χ2v) is 5.88. The SMILES string of the molecule is CCC(N)C(c1cccs1)N(C)Cc1nccn1C. The molecule has 0 aromatic carbocycles. The van der Waals surface area contributed by atoms with Gasteiger partial charge >= 0.3 is 0 Å². The van der Waals surface area contributed by atoms with Gasteiger partial charge in [-0.1, -0.05) is 13.0 Å². The first-order valence-electron chi connectivity index (χ1n) is 6.59. The van der Waals surface area contributed by atoms with Crippen molar-refractivity contribution >= 4 is 11.3 Å². The minimum absolute atomic E-state index is 0.143. The van der Waals surface area contributed by atoms with Crippen molar-refractivity contribution in [3.8, 4) is 0 Å². The average Bonchev–Trinajstić information content (AvgIpc) is 3.03. The minimum atomic E-state index is 0.143. The van der Waals surface area contributed by atoms with E-state index < -0.39 is 0 Å². The highest BCUT2D eigenvalue weighted by Gasteiger charge is 2.24. The van der Waals surface area contributed by atoms with Gasteiger partial charge in [0.05, 0.1) is 12.6 Å². The molecular formula is C14H22N4S. The van der Waals surface area contributed by atoms with Crippen LogP contribution in [0.25, 0.3) is 0 Å². The summed E-state index contributed by atoms with van der Waals surface area (Å²) in [5, 5.41) is 2.11. The van der Waals surface area contributed by atoms with Crippen LogP contribution in [-0.4, -0.2) is 27.5 Å². The van der Waals surface area contributed by atoms with Gasteiger partial charge in [-0.05, 0) is 24.9 Å². The van der Waals surface area contributed by atoms with E-state index in [0.717, 1.165) is 18.8 Å². The summed E-state index contributed by atoms with van der Waals surface area (Å²) < 4.78 is 2.06. The number of nitrogens with zero attached hydrogens (tertiary/aromatic N) is 3. The number of aromatic nitrogens is 2. The fourth-order valence-corrected chi connectivity index (χ4v) is 3.27. The number of rotatable bonds is 6. The first-order chi connectivity index (χ1) is 9.13. The monoisotopic (exact) mass is 278 g/mol. The van der Waals surface area contributed by atoms with Crippen LogP contribution in [0.1, 0.15) is 30.1 Å². The third-order valence-corrected chi connectivity index (χ3v) is 4.44. The molecule has 2 rings (SSSR count). The Balaban J connectivity index is 2.17. The molecule has 2 atom stereocenters. The van der Waals surface area contributed by atoms with Gasteiger partial charge in [-0.25, -0.2) is 4.98 Å². The van der Waals surface area contributed by atoms with Gasteiger partial charge in [-0.3, -0.25) is 4.90 Å². The Kier molecular flexibility index (Phi) is 4.74. The zero-order valence-electron chi connectivity index (χ0n) is 11.8. The van der Waals surface area contributed by atoms with Gasteiger partial charge in [0.2, 0.25) is 0 Å². The molecule has 0 aliphatic carbocycles.